The first-order chi connectivity index (χ1) is 10.8. The fraction of sp³-hybridized carbons (Fsp3) is 0.294. The maximum Gasteiger partial charge on any atom is 0.157 e. The van der Waals surface area contributed by atoms with E-state index in [9.17, 15) is 0 Å². The summed E-state index contributed by atoms with van der Waals surface area (Å²) in [4.78, 5) is 4.54. The molecule has 1 N–H and O–H groups in total. The first-order valence-corrected chi connectivity index (χ1v) is 7.49. The number of benzene rings is 1. The van der Waals surface area contributed by atoms with Gasteiger partial charge in [-0.2, -0.15) is 9.61 Å². The summed E-state index contributed by atoms with van der Waals surface area (Å²) in [6.07, 6.45) is 3.86. The third-order valence-electron chi connectivity index (χ3n) is 4.11. The van der Waals surface area contributed by atoms with Crippen molar-refractivity contribution in [3.63, 3.8) is 0 Å². The van der Waals surface area contributed by atoms with Crippen molar-refractivity contribution in [1.82, 2.24) is 14.6 Å². The molecule has 2 aromatic heterocycles. The van der Waals surface area contributed by atoms with Gasteiger partial charge in [-0.1, -0.05) is 24.3 Å². The zero-order valence-electron chi connectivity index (χ0n) is 12.5. The lowest BCUT2D eigenvalue weighted by atomic mass is 10.1. The predicted octanol–water partition coefficient (Wildman–Crippen LogP) is 2.46. The third kappa shape index (κ3) is 2.33. The van der Waals surface area contributed by atoms with Crippen molar-refractivity contribution < 1.29 is 4.74 Å². The lowest BCUT2D eigenvalue weighted by molar-refractivity contribution is 0.181. The van der Waals surface area contributed by atoms with E-state index in [0.717, 1.165) is 30.0 Å². The summed E-state index contributed by atoms with van der Waals surface area (Å²) < 4.78 is 7.06. The van der Waals surface area contributed by atoms with Crippen molar-refractivity contribution in [3.8, 4) is 0 Å². The van der Waals surface area contributed by atoms with Gasteiger partial charge in [0.15, 0.2) is 5.65 Å². The molecule has 0 fully saturated rings. The van der Waals surface area contributed by atoms with Crippen molar-refractivity contribution in [2.45, 2.75) is 25.5 Å². The van der Waals surface area contributed by atoms with Gasteiger partial charge in [-0.05, 0) is 24.0 Å². The van der Waals surface area contributed by atoms with Crippen LogP contribution in [0.25, 0.3) is 5.65 Å². The van der Waals surface area contributed by atoms with E-state index < -0.39 is 0 Å². The highest BCUT2D eigenvalue weighted by Crippen LogP contribution is 2.25. The Hall–Kier alpha value is -2.40. The van der Waals surface area contributed by atoms with Crippen LogP contribution in [0.1, 0.15) is 16.8 Å². The summed E-state index contributed by atoms with van der Waals surface area (Å²) in [5.41, 5.74) is 4.62. The first-order valence-electron chi connectivity index (χ1n) is 7.49. The lowest BCUT2D eigenvalue weighted by Gasteiger charge is -2.15. The number of methoxy groups -OCH3 is 1. The Morgan fingerprint density at radius 1 is 1.23 bits per heavy atom. The number of nitrogens with one attached hydrogen (secondary N) is 1. The number of aromatic nitrogens is 3. The number of anilines is 1. The van der Waals surface area contributed by atoms with Crippen LogP contribution in [-0.2, 0) is 24.2 Å². The molecule has 5 heteroatoms. The van der Waals surface area contributed by atoms with Gasteiger partial charge in [-0.15, -0.1) is 0 Å². The molecule has 2 heterocycles. The quantitative estimate of drug-likeness (QED) is 0.803. The number of ether oxygens (including phenoxy) is 1. The zero-order chi connectivity index (χ0) is 14.9. The molecule has 0 aliphatic heterocycles. The van der Waals surface area contributed by atoms with Gasteiger partial charge in [0.25, 0.3) is 0 Å². The lowest BCUT2D eigenvalue weighted by Crippen LogP contribution is -2.22. The summed E-state index contributed by atoms with van der Waals surface area (Å²) in [6.45, 7) is 0.501. The van der Waals surface area contributed by atoms with E-state index in [-0.39, 0.29) is 0 Å². The summed E-state index contributed by atoms with van der Waals surface area (Å²) in [5, 5.41) is 7.98. The van der Waals surface area contributed by atoms with Crippen LogP contribution in [0.15, 0.2) is 42.6 Å². The van der Waals surface area contributed by atoms with Crippen LogP contribution < -0.4 is 5.32 Å². The van der Waals surface area contributed by atoms with Gasteiger partial charge in [-0.3, -0.25) is 0 Å². The van der Waals surface area contributed by atoms with Gasteiger partial charge in [0.1, 0.15) is 5.82 Å². The maximum absolute atomic E-state index is 5.21. The van der Waals surface area contributed by atoms with Crippen LogP contribution in [0.5, 0.6) is 0 Å². The van der Waals surface area contributed by atoms with E-state index in [0.29, 0.717) is 12.6 Å². The Morgan fingerprint density at radius 2 is 2.00 bits per heavy atom. The molecule has 0 saturated carbocycles. The van der Waals surface area contributed by atoms with Crippen LogP contribution in [0, 0.1) is 0 Å². The Morgan fingerprint density at radius 3 is 2.73 bits per heavy atom. The average molecular weight is 294 g/mol. The average Bonchev–Trinajstić information content (AvgIpc) is 3.13. The highest BCUT2D eigenvalue weighted by atomic mass is 16.5. The second-order valence-corrected chi connectivity index (χ2v) is 5.69. The molecule has 5 nitrogen and oxygen atoms in total. The molecule has 3 aromatic rings. The fourth-order valence-corrected chi connectivity index (χ4v) is 3.16. The molecule has 0 spiro atoms. The van der Waals surface area contributed by atoms with E-state index in [1.54, 1.807) is 13.3 Å². The zero-order valence-corrected chi connectivity index (χ0v) is 12.5. The van der Waals surface area contributed by atoms with Crippen molar-refractivity contribution in [2.75, 3.05) is 12.4 Å². The van der Waals surface area contributed by atoms with E-state index in [4.69, 9.17) is 4.74 Å². The minimum absolute atomic E-state index is 0.391. The normalized spacial score (nSPS) is 14.4. The third-order valence-corrected chi connectivity index (χ3v) is 4.11. The fourth-order valence-electron chi connectivity index (χ4n) is 3.16. The van der Waals surface area contributed by atoms with Gasteiger partial charge in [-0.25, -0.2) is 4.98 Å². The van der Waals surface area contributed by atoms with E-state index >= 15 is 0 Å². The highest BCUT2D eigenvalue weighted by Gasteiger charge is 2.21. The van der Waals surface area contributed by atoms with Crippen molar-refractivity contribution >= 4 is 11.5 Å². The molecule has 0 unspecified atom stereocenters. The van der Waals surface area contributed by atoms with E-state index in [1.165, 1.54) is 11.1 Å². The van der Waals surface area contributed by atoms with E-state index in [2.05, 4.69) is 39.7 Å². The topological polar surface area (TPSA) is 51.5 Å². The van der Waals surface area contributed by atoms with Crippen LogP contribution in [0.4, 0.5) is 5.82 Å². The standard InChI is InChI=1S/C17H18N4O/c1-22-11-15-10-17(21-16(20-15)6-7-18-21)19-14-8-12-4-2-3-5-13(12)9-14/h2-7,10,14,19H,8-9,11H2,1H3. The van der Waals surface area contributed by atoms with Crippen LogP contribution in [0.2, 0.25) is 0 Å². The molecule has 0 radical (unpaired) electrons. The molecular formula is C17H18N4O. The number of fused-ring (bicyclic) bond motifs is 2. The summed E-state index contributed by atoms with van der Waals surface area (Å²) in [7, 11) is 1.68. The predicted molar refractivity (Wildman–Crippen MR) is 85.0 cm³/mol. The Kier molecular flexibility index (Phi) is 3.27. The van der Waals surface area contributed by atoms with Crippen LogP contribution in [-0.4, -0.2) is 27.7 Å². The molecule has 112 valence electrons. The minimum atomic E-state index is 0.391. The first kappa shape index (κ1) is 13.3. The molecule has 0 atom stereocenters. The molecule has 1 aliphatic carbocycles. The maximum atomic E-state index is 5.21. The van der Waals surface area contributed by atoms with Gasteiger partial charge in [0.2, 0.25) is 0 Å². The number of hydrogen-bond acceptors (Lipinski definition) is 4. The molecule has 22 heavy (non-hydrogen) atoms. The molecule has 0 saturated heterocycles. The molecule has 0 bridgehead atoms. The Bertz CT molecular complexity index is 786. The van der Waals surface area contributed by atoms with Crippen molar-refractivity contribution in [3.05, 3.63) is 59.4 Å². The molecule has 1 aromatic carbocycles. The Labute approximate surface area is 128 Å². The smallest absolute Gasteiger partial charge is 0.157 e. The minimum Gasteiger partial charge on any atom is -0.378 e. The summed E-state index contributed by atoms with van der Waals surface area (Å²) >= 11 is 0. The summed E-state index contributed by atoms with van der Waals surface area (Å²) in [5.74, 6) is 0.972. The molecule has 0 amide bonds. The van der Waals surface area contributed by atoms with Crippen LogP contribution >= 0.6 is 0 Å². The second-order valence-electron chi connectivity index (χ2n) is 5.69. The van der Waals surface area contributed by atoms with Gasteiger partial charge in [0, 0.05) is 25.3 Å². The molecule has 1 aliphatic rings. The summed E-state index contributed by atoms with van der Waals surface area (Å²) in [6, 6.07) is 13.0. The van der Waals surface area contributed by atoms with Gasteiger partial charge in [0.05, 0.1) is 18.5 Å². The number of nitrogens with zero attached hydrogens (tertiary/aromatic N) is 3. The number of rotatable bonds is 4. The van der Waals surface area contributed by atoms with Crippen molar-refractivity contribution in [1.29, 1.82) is 0 Å². The van der Waals surface area contributed by atoms with Crippen LogP contribution in [0.3, 0.4) is 0 Å². The SMILES string of the molecule is COCc1cc(NC2Cc3ccccc3C2)n2nccc2n1. The highest BCUT2D eigenvalue weighted by molar-refractivity contribution is 5.50. The van der Waals surface area contributed by atoms with Gasteiger partial charge >= 0.3 is 0 Å². The monoisotopic (exact) mass is 294 g/mol. The second kappa shape index (κ2) is 5.42. The molecule has 4 rings (SSSR count). The van der Waals surface area contributed by atoms with E-state index in [1.807, 2.05) is 16.6 Å². The van der Waals surface area contributed by atoms with Gasteiger partial charge < -0.3 is 10.1 Å². The molecular weight excluding hydrogens is 276 g/mol. The number of hydrogen-bond donors (Lipinski definition) is 1. The van der Waals surface area contributed by atoms with Crippen molar-refractivity contribution in [2.24, 2.45) is 0 Å². The largest absolute Gasteiger partial charge is 0.378 e. The Balaban J connectivity index is 1.63.